The maximum absolute atomic E-state index is 5.61. The van der Waals surface area contributed by atoms with E-state index in [0.29, 0.717) is 6.61 Å². The summed E-state index contributed by atoms with van der Waals surface area (Å²) < 4.78 is 5.61. The first-order valence-corrected chi connectivity index (χ1v) is 5.91. The van der Waals surface area contributed by atoms with E-state index in [-0.39, 0.29) is 6.04 Å². The van der Waals surface area contributed by atoms with Gasteiger partial charge in [-0.1, -0.05) is 31.2 Å². The minimum Gasteiger partial charge on any atom is -0.494 e. The molecule has 2 heteroatoms. The van der Waals surface area contributed by atoms with Crippen molar-refractivity contribution in [2.24, 2.45) is 0 Å². The van der Waals surface area contributed by atoms with Crippen LogP contribution in [-0.2, 0) is 0 Å². The van der Waals surface area contributed by atoms with Crippen molar-refractivity contribution < 1.29 is 4.74 Å². The SMILES string of the molecule is C=CC(NCCC)c1ccccc1OCC. The van der Waals surface area contributed by atoms with Gasteiger partial charge in [0.1, 0.15) is 5.75 Å². The average molecular weight is 219 g/mol. The minimum absolute atomic E-state index is 0.169. The first kappa shape index (κ1) is 12.8. The van der Waals surface area contributed by atoms with Crippen molar-refractivity contribution in [2.75, 3.05) is 13.2 Å². The third-order valence-corrected chi connectivity index (χ3v) is 2.40. The summed E-state index contributed by atoms with van der Waals surface area (Å²) in [7, 11) is 0. The topological polar surface area (TPSA) is 21.3 Å². The fraction of sp³-hybridized carbons (Fsp3) is 0.429. The highest BCUT2D eigenvalue weighted by molar-refractivity contribution is 5.37. The summed E-state index contributed by atoms with van der Waals surface area (Å²) in [5.74, 6) is 0.943. The zero-order chi connectivity index (χ0) is 11.8. The van der Waals surface area contributed by atoms with Crippen molar-refractivity contribution in [3.63, 3.8) is 0 Å². The first-order valence-electron chi connectivity index (χ1n) is 5.91. The van der Waals surface area contributed by atoms with Gasteiger partial charge < -0.3 is 10.1 Å². The molecule has 88 valence electrons. The summed E-state index contributed by atoms with van der Waals surface area (Å²) in [6.45, 7) is 9.70. The van der Waals surface area contributed by atoms with Crippen molar-refractivity contribution in [2.45, 2.75) is 26.3 Å². The van der Waals surface area contributed by atoms with Crippen LogP contribution in [0.5, 0.6) is 5.75 Å². The van der Waals surface area contributed by atoms with Gasteiger partial charge in [0.15, 0.2) is 0 Å². The van der Waals surface area contributed by atoms with E-state index in [1.54, 1.807) is 0 Å². The van der Waals surface area contributed by atoms with Gasteiger partial charge in [-0.05, 0) is 26.0 Å². The summed E-state index contributed by atoms with van der Waals surface area (Å²) in [6, 6.07) is 8.28. The van der Waals surface area contributed by atoms with E-state index in [9.17, 15) is 0 Å². The van der Waals surface area contributed by atoms with Crippen LogP contribution in [0.1, 0.15) is 31.9 Å². The molecule has 0 aliphatic carbocycles. The summed E-state index contributed by atoms with van der Waals surface area (Å²) >= 11 is 0. The second-order valence-corrected chi connectivity index (χ2v) is 3.64. The van der Waals surface area contributed by atoms with Crippen molar-refractivity contribution in [1.29, 1.82) is 0 Å². The van der Waals surface area contributed by atoms with Gasteiger partial charge in [-0.2, -0.15) is 0 Å². The monoisotopic (exact) mass is 219 g/mol. The van der Waals surface area contributed by atoms with Crippen LogP contribution in [0.4, 0.5) is 0 Å². The number of ether oxygens (including phenoxy) is 1. The molecule has 16 heavy (non-hydrogen) atoms. The number of rotatable bonds is 7. The Morgan fingerprint density at radius 3 is 2.75 bits per heavy atom. The van der Waals surface area contributed by atoms with E-state index in [4.69, 9.17) is 4.74 Å². The zero-order valence-electron chi connectivity index (χ0n) is 10.2. The van der Waals surface area contributed by atoms with E-state index in [1.165, 1.54) is 0 Å². The van der Waals surface area contributed by atoms with E-state index >= 15 is 0 Å². The molecule has 0 aliphatic heterocycles. The van der Waals surface area contributed by atoms with Crippen molar-refractivity contribution in [3.05, 3.63) is 42.5 Å². The van der Waals surface area contributed by atoms with Gasteiger partial charge in [-0.25, -0.2) is 0 Å². The maximum atomic E-state index is 5.61. The predicted octanol–water partition coefficient (Wildman–Crippen LogP) is 3.31. The van der Waals surface area contributed by atoms with Gasteiger partial charge in [0.2, 0.25) is 0 Å². The lowest BCUT2D eigenvalue weighted by molar-refractivity contribution is 0.334. The zero-order valence-corrected chi connectivity index (χ0v) is 10.2. The molecule has 1 atom stereocenters. The van der Waals surface area contributed by atoms with Gasteiger partial charge in [-0.15, -0.1) is 6.58 Å². The van der Waals surface area contributed by atoms with Gasteiger partial charge in [0.25, 0.3) is 0 Å². The molecular formula is C14H21NO. The Balaban J connectivity index is 2.85. The van der Waals surface area contributed by atoms with Gasteiger partial charge in [-0.3, -0.25) is 0 Å². The molecule has 0 saturated carbocycles. The van der Waals surface area contributed by atoms with E-state index in [1.807, 2.05) is 31.2 Å². The quantitative estimate of drug-likeness (QED) is 0.710. The second kappa shape index (κ2) is 7.07. The summed E-state index contributed by atoms with van der Waals surface area (Å²) in [6.07, 6.45) is 3.04. The van der Waals surface area contributed by atoms with E-state index in [0.717, 1.165) is 24.3 Å². The fourth-order valence-electron chi connectivity index (χ4n) is 1.64. The third kappa shape index (κ3) is 3.38. The summed E-state index contributed by atoms with van der Waals surface area (Å²) in [5, 5.41) is 3.44. The molecule has 0 amide bonds. The summed E-state index contributed by atoms with van der Waals surface area (Å²) in [4.78, 5) is 0. The first-order chi connectivity index (χ1) is 7.83. The van der Waals surface area contributed by atoms with Gasteiger partial charge in [0, 0.05) is 5.56 Å². The molecule has 0 saturated heterocycles. The highest BCUT2D eigenvalue weighted by Gasteiger charge is 2.11. The number of benzene rings is 1. The molecule has 1 aromatic rings. The van der Waals surface area contributed by atoms with Crippen LogP contribution in [0.2, 0.25) is 0 Å². The molecule has 0 radical (unpaired) electrons. The van der Waals surface area contributed by atoms with Crippen LogP contribution >= 0.6 is 0 Å². The number of nitrogens with one attached hydrogen (secondary N) is 1. The lowest BCUT2D eigenvalue weighted by atomic mass is 10.1. The molecule has 0 aromatic heterocycles. The Morgan fingerprint density at radius 2 is 2.12 bits per heavy atom. The van der Waals surface area contributed by atoms with E-state index < -0.39 is 0 Å². The summed E-state index contributed by atoms with van der Waals surface area (Å²) in [5.41, 5.74) is 1.16. The molecular weight excluding hydrogens is 198 g/mol. The highest BCUT2D eigenvalue weighted by Crippen LogP contribution is 2.25. The molecule has 0 spiro atoms. The Labute approximate surface area is 98.3 Å². The standard InChI is InChI=1S/C14H21NO/c1-4-11-15-13(5-2)12-9-7-8-10-14(12)16-6-3/h5,7-10,13,15H,2,4,6,11H2,1,3H3. The van der Waals surface area contributed by atoms with Crippen molar-refractivity contribution >= 4 is 0 Å². The molecule has 1 rings (SSSR count). The Kier molecular flexibility index (Phi) is 5.65. The highest BCUT2D eigenvalue weighted by atomic mass is 16.5. The molecule has 0 fully saturated rings. The Hall–Kier alpha value is -1.28. The van der Waals surface area contributed by atoms with Crippen LogP contribution in [0.3, 0.4) is 0 Å². The molecule has 1 unspecified atom stereocenters. The fourth-order valence-corrected chi connectivity index (χ4v) is 1.64. The van der Waals surface area contributed by atoms with Crippen LogP contribution in [0.15, 0.2) is 36.9 Å². The molecule has 2 nitrogen and oxygen atoms in total. The normalized spacial score (nSPS) is 12.1. The van der Waals surface area contributed by atoms with Crippen LogP contribution in [-0.4, -0.2) is 13.2 Å². The predicted molar refractivity (Wildman–Crippen MR) is 68.8 cm³/mol. The average Bonchev–Trinajstić information content (AvgIpc) is 2.32. The second-order valence-electron chi connectivity index (χ2n) is 3.64. The van der Waals surface area contributed by atoms with Gasteiger partial charge >= 0.3 is 0 Å². The minimum atomic E-state index is 0.169. The van der Waals surface area contributed by atoms with Crippen LogP contribution < -0.4 is 10.1 Å². The molecule has 0 bridgehead atoms. The van der Waals surface area contributed by atoms with Crippen molar-refractivity contribution in [1.82, 2.24) is 5.32 Å². The molecule has 1 aromatic carbocycles. The van der Waals surface area contributed by atoms with Crippen LogP contribution in [0, 0.1) is 0 Å². The number of para-hydroxylation sites is 1. The Bertz CT molecular complexity index is 322. The smallest absolute Gasteiger partial charge is 0.124 e. The van der Waals surface area contributed by atoms with Gasteiger partial charge in [0.05, 0.1) is 12.6 Å². The molecule has 1 N–H and O–H groups in total. The molecule has 0 aliphatic rings. The van der Waals surface area contributed by atoms with Crippen molar-refractivity contribution in [3.8, 4) is 5.75 Å². The molecule has 0 heterocycles. The van der Waals surface area contributed by atoms with E-state index in [2.05, 4.69) is 24.9 Å². The largest absolute Gasteiger partial charge is 0.494 e. The lowest BCUT2D eigenvalue weighted by Crippen LogP contribution is -2.20. The third-order valence-electron chi connectivity index (χ3n) is 2.40. The maximum Gasteiger partial charge on any atom is 0.124 e. The Morgan fingerprint density at radius 1 is 1.38 bits per heavy atom. The van der Waals surface area contributed by atoms with Crippen LogP contribution in [0.25, 0.3) is 0 Å². The number of hydrogen-bond acceptors (Lipinski definition) is 2. The lowest BCUT2D eigenvalue weighted by Gasteiger charge is -2.18. The number of hydrogen-bond donors (Lipinski definition) is 1.